The number of thiophene rings is 1. The van der Waals surface area contributed by atoms with Crippen LogP contribution in [0.25, 0.3) is 10.7 Å². The highest BCUT2D eigenvalue weighted by Gasteiger charge is 2.20. The van der Waals surface area contributed by atoms with Crippen molar-refractivity contribution < 1.29 is 13.2 Å². The minimum absolute atomic E-state index is 0.152. The summed E-state index contributed by atoms with van der Waals surface area (Å²) in [6.45, 7) is 3.58. The van der Waals surface area contributed by atoms with Crippen LogP contribution in [0.3, 0.4) is 0 Å². The Kier molecular flexibility index (Phi) is 5.87. The molecule has 0 atom stereocenters. The average molecular weight is 434 g/mol. The van der Waals surface area contributed by atoms with Gasteiger partial charge in [0.25, 0.3) is 5.91 Å². The molecule has 0 saturated heterocycles. The average Bonchev–Trinajstić information content (AvgIpc) is 3.16. The first-order chi connectivity index (χ1) is 13.2. The summed E-state index contributed by atoms with van der Waals surface area (Å²) in [5, 5.41) is 5.34. The van der Waals surface area contributed by atoms with Gasteiger partial charge in [0.2, 0.25) is 0 Å². The summed E-state index contributed by atoms with van der Waals surface area (Å²) in [7, 11) is -3.37. The summed E-state index contributed by atoms with van der Waals surface area (Å²) in [4.78, 5) is 23.1. The fourth-order valence-corrected chi connectivity index (χ4v) is 4.55. The molecule has 0 saturated carbocycles. The van der Waals surface area contributed by atoms with Gasteiger partial charge in [-0.15, -0.1) is 23.1 Å². The van der Waals surface area contributed by atoms with Crippen LogP contribution < -0.4 is 5.32 Å². The second-order valence-corrected chi connectivity index (χ2v) is 9.96. The van der Waals surface area contributed by atoms with E-state index in [1.807, 2.05) is 23.8 Å². The van der Waals surface area contributed by atoms with Crippen LogP contribution in [0, 0.1) is 13.8 Å². The largest absolute Gasteiger partial charge is 0.322 e. The summed E-state index contributed by atoms with van der Waals surface area (Å²) in [6, 6.07) is 8.53. The highest BCUT2D eigenvalue weighted by Crippen LogP contribution is 2.28. The molecule has 3 aromatic rings. The highest BCUT2D eigenvalue weighted by molar-refractivity contribution is 7.98. The van der Waals surface area contributed by atoms with Crippen LogP contribution in [0.15, 0.2) is 45.6 Å². The molecule has 1 N–H and O–H groups in total. The molecule has 0 radical (unpaired) electrons. The summed E-state index contributed by atoms with van der Waals surface area (Å²) in [6.07, 6.45) is 2.99. The lowest BCUT2D eigenvalue weighted by Crippen LogP contribution is -2.17. The Hall–Kier alpha value is -2.23. The van der Waals surface area contributed by atoms with Crippen molar-refractivity contribution in [2.24, 2.45) is 0 Å². The van der Waals surface area contributed by atoms with Crippen molar-refractivity contribution in [3.8, 4) is 10.7 Å². The number of aromatic nitrogens is 2. The highest BCUT2D eigenvalue weighted by atomic mass is 32.2. The number of anilines is 1. The molecule has 0 aliphatic heterocycles. The third kappa shape index (κ3) is 4.26. The zero-order valence-electron chi connectivity index (χ0n) is 15.8. The zero-order chi connectivity index (χ0) is 20.5. The van der Waals surface area contributed by atoms with Crippen LogP contribution in [0.1, 0.15) is 21.6 Å². The molecule has 0 fully saturated rings. The van der Waals surface area contributed by atoms with Crippen LogP contribution in [0.2, 0.25) is 0 Å². The number of amides is 1. The molecule has 0 aliphatic carbocycles. The molecule has 28 heavy (non-hydrogen) atoms. The van der Waals surface area contributed by atoms with Crippen molar-refractivity contribution in [1.29, 1.82) is 0 Å². The number of nitrogens with one attached hydrogen (secondary N) is 1. The van der Waals surface area contributed by atoms with Crippen molar-refractivity contribution in [1.82, 2.24) is 9.97 Å². The standard InChI is InChI=1S/C19H19N3O3S3/c1-11-7-8-13(28(4,24)25)10-14(11)21-18(23)16-12(2)20-17(22-19(16)26-3)15-6-5-9-27-15/h5-10H,1-4H3,(H,21,23). The van der Waals surface area contributed by atoms with Gasteiger partial charge in [-0.1, -0.05) is 12.1 Å². The maximum atomic E-state index is 13.0. The Balaban J connectivity index is 1.99. The Morgan fingerprint density at radius 1 is 1.18 bits per heavy atom. The number of benzene rings is 1. The Morgan fingerprint density at radius 3 is 2.54 bits per heavy atom. The van der Waals surface area contributed by atoms with Crippen LogP contribution in [0.5, 0.6) is 0 Å². The third-order valence-corrected chi connectivity index (χ3v) is 6.76. The van der Waals surface area contributed by atoms with Gasteiger partial charge < -0.3 is 5.32 Å². The van der Waals surface area contributed by atoms with E-state index in [4.69, 9.17) is 0 Å². The first-order valence-electron chi connectivity index (χ1n) is 8.29. The van der Waals surface area contributed by atoms with Gasteiger partial charge in [-0.3, -0.25) is 4.79 Å². The molecule has 6 nitrogen and oxygen atoms in total. The molecular formula is C19H19N3O3S3. The number of thioether (sulfide) groups is 1. The van der Waals surface area contributed by atoms with Crippen LogP contribution >= 0.6 is 23.1 Å². The molecule has 2 aromatic heterocycles. The quantitative estimate of drug-likeness (QED) is 0.479. The Bertz CT molecular complexity index is 1140. The molecule has 3 rings (SSSR count). The van der Waals surface area contributed by atoms with Gasteiger partial charge >= 0.3 is 0 Å². The van der Waals surface area contributed by atoms with Crippen molar-refractivity contribution >= 4 is 44.5 Å². The fraction of sp³-hybridized carbons (Fsp3) is 0.211. The lowest BCUT2D eigenvalue weighted by atomic mass is 10.1. The van der Waals surface area contributed by atoms with Crippen LogP contribution in [0.4, 0.5) is 5.69 Å². The van der Waals surface area contributed by atoms with E-state index in [2.05, 4.69) is 15.3 Å². The molecule has 0 bridgehead atoms. The number of aryl methyl sites for hydroxylation is 2. The minimum atomic E-state index is -3.37. The number of hydrogen-bond acceptors (Lipinski definition) is 7. The van der Waals surface area contributed by atoms with E-state index in [-0.39, 0.29) is 10.8 Å². The van der Waals surface area contributed by atoms with E-state index in [1.165, 1.54) is 35.2 Å². The number of carbonyl (C=O) groups is 1. The lowest BCUT2D eigenvalue weighted by molar-refractivity contribution is 0.102. The number of carbonyl (C=O) groups excluding carboxylic acids is 1. The van der Waals surface area contributed by atoms with E-state index in [9.17, 15) is 13.2 Å². The summed E-state index contributed by atoms with van der Waals surface area (Å²) >= 11 is 2.90. The van der Waals surface area contributed by atoms with Gasteiger partial charge in [0.15, 0.2) is 15.7 Å². The first-order valence-corrected chi connectivity index (χ1v) is 12.3. The normalized spacial score (nSPS) is 11.4. The molecule has 9 heteroatoms. The summed E-state index contributed by atoms with van der Waals surface area (Å²) < 4.78 is 23.6. The zero-order valence-corrected chi connectivity index (χ0v) is 18.3. The van der Waals surface area contributed by atoms with E-state index < -0.39 is 9.84 Å². The van der Waals surface area contributed by atoms with Gasteiger partial charge in [-0.2, -0.15) is 0 Å². The molecule has 146 valence electrons. The van der Waals surface area contributed by atoms with Crippen LogP contribution in [-0.4, -0.2) is 36.8 Å². The minimum Gasteiger partial charge on any atom is -0.322 e. The summed E-state index contributed by atoms with van der Waals surface area (Å²) in [5.41, 5.74) is 2.16. The topological polar surface area (TPSA) is 89.0 Å². The van der Waals surface area contributed by atoms with Gasteiger partial charge in [-0.25, -0.2) is 18.4 Å². The number of hydrogen-bond donors (Lipinski definition) is 1. The van der Waals surface area contributed by atoms with Gasteiger partial charge in [0, 0.05) is 11.9 Å². The maximum Gasteiger partial charge on any atom is 0.260 e. The second-order valence-electron chi connectivity index (χ2n) is 6.20. The Morgan fingerprint density at radius 2 is 1.93 bits per heavy atom. The lowest BCUT2D eigenvalue weighted by Gasteiger charge is -2.14. The van der Waals surface area contributed by atoms with Crippen LogP contribution in [-0.2, 0) is 9.84 Å². The number of sulfone groups is 1. The smallest absolute Gasteiger partial charge is 0.260 e. The number of nitrogens with zero attached hydrogens (tertiary/aromatic N) is 2. The van der Waals surface area contributed by atoms with Gasteiger partial charge in [0.1, 0.15) is 5.03 Å². The monoisotopic (exact) mass is 433 g/mol. The summed E-state index contributed by atoms with van der Waals surface area (Å²) in [5.74, 6) is 0.219. The number of rotatable bonds is 5. The molecule has 0 spiro atoms. The van der Waals surface area contributed by atoms with Crippen molar-refractivity contribution in [3.05, 3.63) is 52.5 Å². The fourth-order valence-electron chi connectivity index (χ4n) is 2.62. The van der Waals surface area contributed by atoms with Gasteiger partial charge in [-0.05, 0) is 49.2 Å². The van der Waals surface area contributed by atoms with Crippen molar-refractivity contribution in [2.45, 2.75) is 23.8 Å². The van der Waals surface area contributed by atoms with E-state index >= 15 is 0 Å². The molecule has 2 heterocycles. The second kappa shape index (κ2) is 8.02. The van der Waals surface area contributed by atoms with Crippen molar-refractivity contribution in [3.63, 3.8) is 0 Å². The van der Waals surface area contributed by atoms with Crippen molar-refractivity contribution in [2.75, 3.05) is 17.8 Å². The molecule has 0 aliphatic rings. The Labute approximate surface area is 172 Å². The molecule has 0 unspecified atom stereocenters. The van der Waals surface area contributed by atoms with E-state index in [0.717, 1.165) is 16.7 Å². The van der Waals surface area contributed by atoms with Gasteiger partial charge in [0.05, 0.1) is 21.0 Å². The molecular weight excluding hydrogens is 414 g/mol. The molecule has 1 aromatic carbocycles. The first kappa shape index (κ1) is 20.5. The van der Waals surface area contributed by atoms with E-state index in [0.29, 0.717) is 27.8 Å². The third-order valence-electron chi connectivity index (χ3n) is 4.10. The maximum absolute atomic E-state index is 13.0. The SMILES string of the molecule is CSc1nc(-c2cccs2)nc(C)c1C(=O)Nc1cc(S(C)(=O)=O)ccc1C. The van der Waals surface area contributed by atoms with E-state index in [1.54, 1.807) is 19.9 Å². The predicted molar refractivity (Wildman–Crippen MR) is 114 cm³/mol. The molecule has 1 amide bonds. The predicted octanol–water partition coefficient (Wildman–Crippen LogP) is 4.20.